The van der Waals surface area contributed by atoms with E-state index in [0.29, 0.717) is 0 Å². The summed E-state index contributed by atoms with van der Waals surface area (Å²) in [7, 11) is 0. The van der Waals surface area contributed by atoms with Crippen LogP contribution in [0.4, 0.5) is 0 Å². The minimum absolute atomic E-state index is 0.769. The van der Waals surface area contributed by atoms with Gasteiger partial charge in [0, 0.05) is 11.1 Å². The van der Waals surface area contributed by atoms with Crippen LogP contribution in [-0.4, -0.2) is 19.8 Å². The minimum Gasteiger partial charge on any atom is -0.182 e. The number of hydrogen-bond acceptors (Lipinski definition) is 4. The number of hydrogen-bond donors (Lipinski definition) is 0. The van der Waals surface area contributed by atoms with Crippen LogP contribution in [-0.2, 0) is 0 Å². The average Bonchev–Trinajstić information content (AvgIpc) is 3.30. The highest BCUT2D eigenvalue weighted by Crippen LogP contribution is 2.35. The van der Waals surface area contributed by atoms with Crippen LogP contribution in [0.3, 0.4) is 0 Å². The van der Waals surface area contributed by atoms with E-state index in [1.54, 1.807) is 11.3 Å². The molecule has 136 valence electrons. The molecule has 0 atom stereocenters. The zero-order chi connectivity index (χ0) is 19.1. The summed E-state index contributed by atoms with van der Waals surface area (Å²) in [5.74, 6) is 0.769. The van der Waals surface area contributed by atoms with E-state index in [9.17, 15) is 0 Å². The molecule has 5 rings (SSSR count). The van der Waals surface area contributed by atoms with Gasteiger partial charge in [-0.2, -0.15) is 9.61 Å². The van der Waals surface area contributed by atoms with Gasteiger partial charge in [0.2, 0.25) is 4.96 Å². The highest BCUT2D eigenvalue weighted by atomic mass is 32.1. The van der Waals surface area contributed by atoms with Gasteiger partial charge in [-0.3, -0.25) is 0 Å². The maximum atomic E-state index is 4.86. The summed E-state index contributed by atoms with van der Waals surface area (Å²) in [5.41, 5.74) is 6.95. The fourth-order valence-electron chi connectivity index (χ4n) is 3.26. The fraction of sp³-hybridized carbons (Fsp3) is 0.0870. The van der Waals surface area contributed by atoms with Crippen LogP contribution in [0.5, 0.6) is 0 Å². The van der Waals surface area contributed by atoms with Crippen molar-refractivity contribution in [3.8, 4) is 33.1 Å². The molecule has 0 saturated carbocycles. The van der Waals surface area contributed by atoms with Gasteiger partial charge >= 0.3 is 0 Å². The lowest BCUT2D eigenvalue weighted by Crippen LogP contribution is -1.92. The molecule has 0 unspecified atom stereocenters. The predicted molar refractivity (Wildman–Crippen MR) is 114 cm³/mol. The zero-order valence-corrected chi connectivity index (χ0v) is 16.4. The van der Waals surface area contributed by atoms with Gasteiger partial charge in [-0.15, -0.1) is 10.2 Å². The molecular weight excluding hydrogens is 364 g/mol. The Labute approximate surface area is 167 Å². The van der Waals surface area contributed by atoms with Crippen LogP contribution in [0.15, 0.2) is 72.8 Å². The first-order valence-electron chi connectivity index (χ1n) is 9.15. The summed E-state index contributed by atoms with van der Waals surface area (Å²) < 4.78 is 1.84. The number of nitrogens with zero attached hydrogens (tertiary/aromatic N) is 4. The van der Waals surface area contributed by atoms with Crippen molar-refractivity contribution in [2.45, 2.75) is 13.8 Å². The molecule has 2 aromatic heterocycles. The monoisotopic (exact) mass is 382 g/mol. The minimum atomic E-state index is 0.769. The highest BCUT2D eigenvalue weighted by Gasteiger charge is 2.16. The summed E-state index contributed by atoms with van der Waals surface area (Å²) in [6, 6.07) is 25.3. The molecule has 0 fully saturated rings. The van der Waals surface area contributed by atoms with E-state index in [0.717, 1.165) is 26.9 Å². The Morgan fingerprint density at radius 1 is 0.679 bits per heavy atom. The van der Waals surface area contributed by atoms with Crippen LogP contribution in [0.1, 0.15) is 11.1 Å². The van der Waals surface area contributed by atoms with E-state index in [2.05, 4.69) is 96.8 Å². The van der Waals surface area contributed by atoms with E-state index in [1.165, 1.54) is 22.3 Å². The molecule has 5 heteroatoms. The molecule has 0 saturated heterocycles. The first-order valence-corrected chi connectivity index (χ1v) is 9.96. The standard InChI is InChI=1S/C23H18N4S/c1-15-7-11-17(12-8-15)19-5-3-4-6-20(19)22-26-27-21(24-25-23(27)28-22)18-13-9-16(2)10-14-18/h3-14H,1-2H3. The smallest absolute Gasteiger partial charge is 0.182 e. The largest absolute Gasteiger partial charge is 0.235 e. The Kier molecular flexibility index (Phi) is 4.02. The van der Waals surface area contributed by atoms with Gasteiger partial charge in [0.25, 0.3) is 0 Å². The Morgan fingerprint density at radius 3 is 1.96 bits per heavy atom. The predicted octanol–water partition coefficient (Wildman–Crippen LogP) is 5.80. The van der Waals surface area contributed by atoms with E-state index >= 15 is 0 Å². The van der Waals surface area contributed by atoms with E-state index in [-0.39, 0.29) is 0 Å². The number of aromatic nitrogens is 4. The molecule has 0 radical (unpaired) electrons. The third-order valence-electron chi connectivity index (χ3n) is 4.82. The van der Waals surface area contributed by atoms with Crippen molar-refractivity contribution >= 4 is 16.3 Å². The van der Waals surface area contributed by atoms with E-state index in [1.807, 2.05) is 4.52 Å². The fourth-order valence-corrected chi connectivity index (χ4v) is 4.14. The summed E-state index contributed by atoms with van der Waals surface area (Å²) in [4.78, 5) is 0.796. The second kappa shape index (κ2) is 6.69. The van der Waals surface area contributed by atoms with Gasteiger partial charge in [0.1, 0.15) is 5.01 Å². The normalized spacial score (nSPS) is 11.2. The summed E-state index contributed by atoms with van der Waals surface area (Å²) in [5, 5.41) is 14.5. The SMILES string of the molecule is Cc1ccc(-c2ccccc2-c2nn3c(-c4ccc(C)cc4)nnc3s2)cc1. The molecule has 0 bridgehead atoms. The zero-order valence-electron chi connectivity index (χ0n) is 15.6. The second-order valence-corrected chi connectivity index (χ2v) is 7.86. The van der Waals surface area contributed by atoms with Crippen molar-refractivity contribution in [1.29, 1.82) is 0 Å². The molecule has 0 aliphatic rings. The first kappa shape index (κ1) is 16.8. The lowest BCUT2D eigenvalue weighted by Gasteiger charge is -2.07. The summed E-state index contributed by atoms with van der Waals surface area (Å²) in [6.45, 7) is 4.18. The third kappa shape index (κ3) is 2.90. The molecule has 28 heavy (non-hydrogen) atoms. The molecule has 4 nitrogen and oxygen atoms in total. The molecule has 0 N–H and O–H groups in total. The van der Waals surface area contributed by atoms with Crippen molar-refractivity contribution < 1.29 is 0 Å². The summed E-state index contributed by atoms with van der Waals surface area (Å²) in [6.07, 6.45) is 0. The maximum absolute atomic E-state index is 4.86. The average molecular weight is 382 g/mol. The second-order valence-electron chi connectivity index (χ2n) is 6.90. The Hall–Kier alpha value is -3.31. The van der Waals surface area contributed by atoms with Crippen LogP contribution < -0.4 is 0 Å². The quantitative estimate of drug-likeness (QED) is 0.396. The van der Waals surface area contributed by atoms with Crippen LogP contribution in [0.2, 0.25) is 0 Å². The highest BCUT2D eigenvalue weighted by molar-refractivity contribution is 7.19. The van der Waals surface area contributed by atoms with Gasteiger partial charge in [-0.25, -0.2) is 0 Å². The van der Waals surface area contributed by atoms with Crippen LogP contribution >= 0.6 is 11.3 Å². The van der Waals surface area contributed by atoms with Crippen LogP contribution in [0.25, 0.3) is 38.0 Å². The van der Waals surface area contributed by atoms with Gasteiger partial charge in [-0.1, -0.05) is 95.3 Å². The number of rotatable bonds is 3. The molecule has 0 aliphatic carbocycles. The van der Waals surface area contributed by atoms with Crippen molar-refractivity contribution in [3.05, 3.63) is 83.9 Å². The lowest BCUT2D eigenvalue weighted by atomic mass is 9.99. The lowest BCUT2D eigenvalue weighted by molar-refractivity contribution is 0.970. The van der Waals surface area contributed by atoms with Gasteiger partial charge in [0.05, 0.1) is 0 Å². The molecule has 3 aromatic carbocycles. The number of aryl methyl sites for hydroxylation is 2. The van der Waals surface area contributed by atoms with E-state index < -0.39 is 0 Å². The Balaban J connectivity index is 1.63. The van der Waals surface area contributed by atoms with Gasteiger partial charge in [-0.05, 0) is 25.0 Å². The van der Waals surface area contributed by atoms with Crippen molar-refractivity contribution in [2.75, 3.05) is 0 Å². The van der Waals surface area contributed by atoms with Gasteiger partial charge in [0.15, 0.2) is 5.82 Å². The molecule has 0 spiro atoms. The van der Waals surface area contributed by atoms with Crippen molar-refractivity contribution in [2.24, 2.45) is 0 Å². The van der Waals surface area contributed by atoms with Crippen LogP contribution in [0, 0.1) is 13.8 Å². The molecule has 0 amide bonds. The van der Waals surface area contributed by atoms with Crippen molar-refractivity contribution in [3.63, 3.8) is 0 Å². The van der Waals surface area contributed by atoms with E-state index in [4.69, 9.17) is 5.10 Å². The molecule has 0 aliphatic heterocycles. The van der Waals surface area contributed by atoms with Gasteiger partial charge < -0.3 is 0 Å². The molecule has 5 aromatic rings. The van der Waals surface area contributed by atoms with Crippen molar-refractivity contribution in [1.82, 2.24) is 19.8 Å². The topological polar surface area (TPSA) is 43.1 Å². The number of fused-ring (bicyclic) bond motifs is 1. The third-order valence-corrected chi connectivity index (χ3v) is 5.75. The number of benzene rings is 3. The maximum Gasteiger partial charge on any atom is 0.235 e. The summed E-state index contributed by atoms with van der Waals surface area (Å²) >= 11 is 1.56. The Morgan fingerprint density at radius 2 is 1.29 bits per heavy atom. The molecular formula is C23H18N4S. The Bertz CT molecular complexity index is 1260. The molecule has 2 heterocycles. The first-order chi connectivity index (χ1) is 13.7.